The Morgan fingerprint density at radius 1 is 0.875 bits per heavy atom. The molecule has 0 saturated carbocycles. The zero-order chi connectivity index (χ0) is 22.3. The van der Waals surface area contributed by atoms with Crippen LogP contribution in [-0.4, -0.2) is 50.1 Å². The van der Waals surface area contributed by atoms with Crippen LogP contribution in [0.2, 0.25) is 5.02 Å². The summed E-state index contributed by atoms with van der Waals surface area (Å²) in [5.74, 6) is 0.0251. The minimum absolute atomic E-state index is 0.0251. The zero-order valence-electron chi connectivity index (χ0n) is 18.6. The summed E-state index contributed by atoms with van der Waals surface area (Å²) in [5.41, 5.74) is 4.18. The number of carbonyl (C=O) groups excluding carboxylic acids is 1. The van der Waals surface area contributed by atoms with E-state index in [1.165, 1.54) is 11.3 Å². The molecule has 4 nitrogen and oxygen atoms in total. The average Bonchev–Trinajstić information content (AvgIpc) is 2.84. The first kappa shape index (κ1) is 22.4. The first-order chi connectivity index (χ1) is 15.6. The molecule has 0 atom stereocenters. The Labute approximate surface area is 196 Å². The summed E-state index contributed by atoms with van der Waals surface area (Å²) in [7, 11) is 0. The van der Waals surface area contributed by atoms with E-state index in [1.807, 2.05) is 59.5 Å². The predicted molar refractivity (Wildman–Crippen MR) is 134 cm³/mol. The lowest BCUT2D eigenvalue weighted by Crippen LogP contribution is -2.47. The number of aryl methyl sites for hydroxylation is 1. The molecular formula is C27H30ClN3O. The van der Waals surface area contributed by atoms with Crippen LogP contribution in [0.15, 0.2) is 78.9 Å². The number of hydrogen-bond acceptors (Lipinski definition) is 3. The Morgan fingerprint density at radius 3 is 2.19 bits per heavy atom. The maximum Gasteiger partial charge on any atom is 0.258 e. The molecule has 3 aromatic carbocycles. The molecule has 1 aliphatic rings. The Balaban J connectivity index is 1.34. The predicted octanol–water partition coefficient (Wildman–Crippen LogP) is 5.51. The second kappa shape index (κ2) is 10.7. The molecule has 0 unspecified atom stereocenters. The normalized spacial score (nSPS) is 14.4. The molecule has 1 fully saturated rings. The number of amides is 1. The monoisotopic (exact) mass is 447 g/mol. The Kier molecular flexibility index (Phi) is 7.46. The van der Waals surface area contributed by atoms with E-state index in [-0.39, 0.29) is 5.91 Å². The smallest absolute Gasteiger partial charge is 0.258 e. The largest absolute Gasteiger partial charge is 0.369 e. The second-order valence-electron chi connectivity index (χ2n) is 8.32. The van der Waals surface area contributed by atoms with Gasteiger partial charge in [0.25, 0.3) is 5.91 Å². The topological polar surface area (TPSA) is 26.8 Å². The quantitative estimate of drug-likeness (QED) is 0.478. The highest BCUT2D eigenvalue weighted by Gasteiger charge is 2.20. The fourth-order valence-corrected chi connectivity index (χ4v) is 4.27. The first-order valence-corrected chi connectivity index (χ1v) is 11.6. The number of benzene rings is 3. The van der Waals surface area contributed by atoms with Gasteiger partial charge in [0.1, 0.15) is 0 Å². The fraction of sp³-hybridized carbons (Fsp3) is 0.296. The highest BCUT2D eigenvalue weighted by molar-refractivity contribution is 6.30. The zero-order valence-corrected chi connectivity index (χ0v) is 19.3. The van der Waals surface area contributed by atoms with Crippen molar-refractivity contribution in [2.24, 2.45) is 0 Å². The molecule has 0 aromatic heterocycles. The van der Waals surface area contributed by atoms with Crippen molar-refractivity contribution in [3.8, 4) is 0 Å². The van der Waals surface area contributed by atoms with E-state index >= 15 is 0 Å². The molecule has 1 heterocycles. The summed E-state index contributed by atoms with van der Waals surface area (Å²) in [5, 5.41) is 0.673. The lowest BCUT2D eigenvalue weighted by Gasteiger charge is -2.36. The molecule has 1 saturated heterocycles. The number of carbonyl (C=O) groups is 1. The van der Waals surface area contributed by atoms with Crippen LogP contribution in [0.3, 0.4) is 0 Å². The lowest BCUT2D eigenvalue weighted by atomic mass is 10.1. The van der Waals surface area contributed by atoms with Gasteiger partial charge in [-0.2, -0.15) is 0 Å². The number of piperazine rings is 1. The molecule has 0 radical (unpaired) electrons. The molecule has 4 rings (SSSR count). The average molecular weight is 448 g/mol. The van der Waals surface area contributed by atoms with Crippen LogP contribution in [0.5, 0.6) is 0 Å². The number of nitrogens with zero attached hydrogens (tertiary/aromatic N) is 3. The fourth-order valence-electron chi connectivity index (χ4n) is 4.14. The van der Waals surface area contributed by atoms with E-state index in [0.29, 0.717) is 17.1 Å². The second-order valence-corrected chi connectivity index (χ2v) is 8.75. The molecule has 0 spiro atoms. The standard InChI is InChI=1S/C27H30ClN3O/c1-22-8-12-25(13-9-22)30-20-18-29(19-21-30)16-5-17-31(26-14-10-24(28)11-15-26)27(32)23-6-3-2-4-7-23/h2-4,6-15H,5,16-21H2,1H3. The molecule has 0 aliphatic carbocycles. The molecule has 1 aliphatic heterocycles. The summed E-state index contributed by atoms with van der Waals surface area (Å²) in [6.45, 7) is 7.93. The van der Waals surface area contributed by atoms with Crippen molar-refractivity contribution in [3.63, 3.8) is 0 Å². The van der Waals surface area contributed by atoms with Crippen molar-refractivity contribution < 1.29 is 4.79 Å². The van der Waals surface area contributed by atoms with Crippen LogP contribution in [0, 0.1) is 6.92 Å². The van der Waals surface area contributed by atoms with Crippen molar-refractivity contribution in [2.75, 3.05) is 49.1 Å². The summed E-state index contributed by atoms with van der Waals surface area (Å²) in [6, 6.07) is 25.8. The van der Waals surface area contributed by atoms with Crippen LogP contribution < -0.4 is 9.80 Å². The van der Waals surface area contributed by atoms with Crippen molar-refractivity contribution >= 4 is 28.9 Å². The Morgan fingerprint density at radius 2 is 1.53 bits per heavy atom. The molecule has 32 heavy (non-hydrogen) atoms. The van der Waals surface area contributed by atoms with E-state index in [2.05, 4.69) is 41.0 Å². The van der Waals surface area contributed by atoms with Gasteiger partial charge in [0.2, 0.25) is 0 Å². The lowest BCUT2D eigenvalue weighted by molar-refractivity contribution is 0.0985. The van der Waals surface area contributed by atoms with E-state index in [4.69, 9.17) is 11.6 Å². The summed E-state index contributed by atoms with van der Waals surface area (Å²) in [4.78, 5) is 20.0. The number of halogens is 1. The van der Waals surface area contributed by atoms with Crippen LogP contribution in [0.1, 0.15) is 22.3 Å². The SMILES string of the molecule is Cc1ccc(N2CCN(CCCN(C(=O)c3ccccc3)c3ccc(Cl)cc3)CC2)cc1. The third kappa shape index (κ3) is 5.70. The summed E-state index contributed by atoms with van der Waals surface area (Å²) >= 11 is 6.07. The van der Waals surface area contributed by atoms with Gasteiger partial charge in [-0.15, -0.1) is 0 Å². The third-order valence-electron chi connectivity index (χ3n) is 6.03. The van der Waals surface area contributed by atoms with Crippen molar-refractivity contribution in [3.05, 3.63) is 95.0 Å². The Bertz CT molecular complexity index is 997. The van der Waals surface area contributed by atoms with Gasteiger partial charge in [-0.1, -0.05) is 47.5 Å². The maximum absolute atomic E-state index is 13.2. The minimum atomic E-state index is 0.0251. The minimum Gasteiger partial charge on any atom is -0.369 e. The van der Waals surface area contributed by atoms with Gasteiger partial charge in [-0.05, 0) is 68.4 Å². The van der Waals surface area contributed by atoms with E-state index in [1.54, 1.807) is 0 Å². The summed E-state index contributed by atoms with van der Waals surface area (Å²) < 4.78 is 0. The van der Waals surface area contributed by atoms with Crippen molar-refractivity contribution in [2.45, 2.75) is 13.3 Å². The van der Waals surface area contributed by atoms with Crippen LogP contribution >= 0.6 is 11.6 Å². The van der Waals surface area contributed by atoms with Gasteiger partial charge in [0.15, 0.2) is 0 Å². The maximum atomic E-state index is 13.2. The molecule has 166 valence electrons. The summed E-state index contributed by atoms with van der Waals surface area (Å²) in [6.07, 6.45) is 0.922. The molecule has 5 heteroatoms. The van der Waals surface area contributed by atoms with Crippen LogP contribution in [-0.2, 0) is 0 Å². The molecule has 1 amide bonds. The molecule has 0 bridgehead atoms. The number of hydrogen-bond donors (Lipinski definition) is 0. The van der Waals surface area contributed by atoms with E-state index in [9.17, 15) is 4.79 Å². The molecular weight excluding hydrogens is 418 g/mol. The van der Waals surface area contributed by atoms with Gasteiger partial charge in [-0.3, -0.25) is 9.69 Å². The van der Waals surface area contributed by atoms with Crippen molar-refractivity contribution in [1.82, 2.24) is 4.90 Å². The first-order valence-electron chi connectivity index (χ1n) is 11.3. The third-order valence-corrected chi connectivity index (χ3v) is 6.28. The van der Waals surface area contributed by atoms with Gasteiger partial charge in [0.05, 0.1) is 0 Å². The number of anilines is 2. The highest BCUT2D eigenvalue weighted by atomic mass is 35.5. The van der Waals surface area contributed by atoms with Crippen molar-refractivity contribution in [1.29, 1.82) is 0 Å². The van der Waals surface area contributed by atoms with E-state index < -0.39 is 0 Å². The van der Waals surface area contributed by atoms with Crippen LogP contribution in [0.25, 0.3) is 0 Å². The highest BCUT2D eigenvalue weighted by Crippen LogP contribution is 2.21. The Hall–Kier alpha value is -2.82. The van der Waals surface area contributed by atoms with Gasteiger partial charge < -0.3 is 9.80 Å². The van der Waals surface area contributed by atoms with Crippen LogP contribution in [0.4, 0.5) is 11.4 Å². The molecule has 3 aromatic rings. The number of rotatable bonds is 7. The molecule has 0 N–H and O–H groups in total. The van der Waals surface area contributed by atoms with E-state index in [0.717, 1.165) is 44.8 Å². The van der Waals surface area contributed by atoms with Gasteiger partial charge in [-0.25, -0.2) is 0 Å². The van der Waals surface area contributed by atoms with Gasteiger partial charge >= 0.3 is 0 Å². The van der Waals surface area contributed by atoms with Gasteiger partial charge in [0, 0.05) is 54.7 Å².